The van der Waals surface area contributed by atoms with E-state index in [1.807, 2.05) is 0 Å². The zero-order valence-electron chi connectivity index (χ0n) is 21.2. The van der Waals surface area contributed by atoms with Gasteiger partial charge >= 0.3 is 9.28 Å². The molecule has 1 unspecified atom stereocenters. The van der Waals surface area contributed by atoms with Crippen LogP contribution in [0, 0.1) is 5.92 Å². The van der Waals surface area contributed by atoms with Crippen molar-refractivity contribution in [1.82, 2.24) is 0 Å². The Morgan fingerprint density at radius 2 is 1.03 bits per heavy atom. The highest BCUT2D eigenvalue weighted by molar-refractivity contribution is 6.44. The molecule has 0 fully saturated rings. The molecule has 0 aromatic rings. The smallest absolute Gasteiger partial charge is 0.320 e. The Labute approximate surface area is 197 Å². The molecule has 0 spiro atoms. The molecule has 0 amide bonds. The van der Waals surface area contributed by atoms with E-state index >= 15 is 0 Å². The van der Waals surface area contributed by atoms with Crippen molar-refractivity contribution in [3.05, 3.63) is 0 Å². The van der Waals surface area contributed by atoms with Gasteiger partial charge in [-0.3, -0.25) is 0 Å². The number of halogens is 1. The molecule has 0 bridgehead atoms. The van der Waals surface area contributed by atoms with Crippen LogP contribution in [0.1, 0.15) is 130 Å². The molecule has 0 heterocycles. The zero-order valence-corrected chi connectivity index (χ0v) is 23.2. The molecule has 0 aliphatic carbocycles. The van der Waals surface area contributed by atoms with E-state index in [1.165, 1.54) is 109 Å². The quantitative estimate of drug-likeness (QED) is 0.130. The van der Waals surface area contributed by atoms with Gasteiger partial charge in [0.2, 0.25) is 0 Å². The van der Waals surface area contributed by atoms with Crippen molar-refractivity contribution >= 4 is 21.7 Å². The van der Waals surface area contributed by atoms with Crippen molar-refractivity contribution in [1.29, 1.82) is 0 Å². The van der Waals surface area contributed by atoms with E-state index in [0.29, 0.717) is 5.92 Å². The molecule has 1 atom stereocenters. The van der Waals surface area contributed by atoms with Crippen LogP contribution in [0.25, 0.3) is 0 Å². The summed E-state index contributed by atoms with van der Waals surface area (Å²) < 4.78 is 10.9. The van der Waals surface area contributed by atoms with Crippen molar-refractivity contribution in [3.8, 4) is 0 Å². The van der Waals surface area contributed by atoms with Crippen molar-refractivity contribution in [2.75, 3.05) is 14.2 Å². The molecule has 30 heavy (non-hydrogen) atoms. The second-order valence-corrected chi connectivity index (χ2v) is 12.1. The van der Waals surface area contributed by atoms with Crippen LogP contribution in [-0.2, 0) is 8.85 Å². The summed E-state index contributed by atoms with van der Waals surface area (Å²) in [6.07, 6.45) is 23.6. The highest BCUT2D eigenvalue weighted by atomic mass is 35.5. The third-order valence-electron chi connectivity index (χ3n) is 6.48. The molecule has 0 rings (SSSR count). The van der Waals surface area contributed by atoms with Crippen molar-refractivity contribution < 1.29 is 8.85 Å². The molecule has 0 aliphatic rings. The summed E-state index contributed by atoms with van der Waals surface area (Å²) in [5.74, 6) is 0.614. The highest BCUT2D eigenvalue weighted by Crippen LogP contribution is 2.27. The molecular formula is C25H56ClNO2Si. The minimum Gasteiger partial charge on any atom is -0.400 e. The summed E-state index contributed by atoms with van der Waals surface area (Å²) in [4.78, 5) is 0. The average molecular weight is 466 g/mol. The Hall–Kier alpha value is 0.387. The molecule has 184 valence electrons. The van der Waals surface area contributed by atoms with Crippen LogP contribution in [0.15, 0.2) is 0 Å². The normalized spacial score (nSPS) is 12.9. The molecule has 2 N–H and O–H groups in total. The lowest BCUT2D eigenvalue weighted by Gasteiger charge is -2.31. The zero-order chi connectivity index (χ0) is 21.8. The van der Waals surface area contributed by atoms with Gasteiger partial charge in [-0.05, 0) is 38.7 Å². The standard InChI is InChI=1S/C25H55NO2Si.ClH/c1-6-7-8-9-10-11-12-13-14-15-16-17-18-19-21-24(25(2,3)26)22-20-23-29(27-4)28-5;/h24,29H,6-23,26H2,1-5H3;1H. The van der Waals surface area contributed by atoms with Gasteiger partial charge in [0, 0.05) is 19.8 Å². The van der Waals surface area contributed by atoms with Crippen LogP contribution < -0.4 is 5.73 Å². The summed E-state index contributed by atoms with van der Waals surface area (Å²) in [5, 5.41) is 0. The third kappa shape index (κ3) is 20.3. The number of nitrogens with two attached hydrogens (primary N) is 1. The molecule has 3 nitrogen and oxygen atoms in total. The third-order valence-corrected chi connectivity index (χ3v) is 8.41. The van der Waals surface area contributed by atoms with Crippen LogP contribution in [0.5, 0.6) is 0 Å². The fraction of sp³-hybridized carbons (Fsp3) is 1.00. The first kappa shape index (κ1) is 32.6. The number of unbranched alkanes of at least 4 members (excludes halogenated alkanes) is 13. The molecule has 0 aromatic carbocycles. The predicted molar refractivity (Wildman–Crippen MR) is 139 cm³/mol. The van der Waals surface area contributed by atoms with Gasteiger partial charge in [-0.25, -0.2) is 0 Å². The first-order chi connectivity index (χ1) is 14.0. The lowest BCUT2D eigenvalue weighted by Crippen LogP contribution is -2.41. The van der Waals surface area contributed by atoms with Gasteiger partial charge < -0.3 is 14.6 Å². The second kappa shape index (κ2) is 22.6. The average Bonchev–Trinajstić information content (AvgIpc) is 2.69. The van der Waals surface area contributed by atoms with Crippen LogP contribution >= 0.6 is 12.4 Å². The maximum atomic E-state index is 6.46. The van der Waals surface area contributed by atoms with Crippen molar-refractivity contribution in [2.24, 2.45) is 11.7 Å². The van der Waals surface area contributed by atoms with Crippen molar-refractivity contribution in [3.63, 3.8) is 0 Å². The minimum atomic E-state index is -1.41. The maximum Gasteiger partial charge on any atom is 0.320 e. The molecular weight excluding hydrogens is 410 g/mol. The Morgan fingerprint density at radius 3 is 1.40 bits per heavy atom. The van der Waals surface area contributed by atoms with E-state index in [-0.39, 0.29) is 17.9 Å². The molecule has 0 saturated carbocycles. The fourth-order valence-electron chi connectivity index (χ4n) is 4.34. The number of rotatable bonds is 22. The van der Waals surface area contributed by atoms with Crippen molar-refractivity contribution in [2.45, 2.75) is 142 Å². The van der Waals surface area contributed by atoms with E-state index in [1.54, 1.807) is 14.2 Å². The highest BCUT2D eigenvalue weighted by Gasteiger charge is 2.24. The Bertz CT molecular complexity index is 336. The van der Waals surface area contributed by atoms with Gasteiger partial charge in [0.25, 0.3) is 0 Å². The van der Waals surface area contributed by atoms with Gasteiger partial charge in [-0.1, -0.05) is 103 Å². The number of hydrogen-bond donors (Lipinski definition) is 1. The van der Waals surface area contributed by atoms with E-state index < -0.39 is 9.28 Å². The topological polar surface area (TPSA) is 44.5 Å². The van der Waals surface area contributed by atoms with Crippen LogP contribution in [-0.4, -0.2) is 29.0 Å². The lowest BCUT2D eigenvalue weighted by atomic mass is 9.81. The van der Waals surface area contributed by atoms with E-state index in [9.17, 15) is 0 Å². The lowest BCUT2D eigenvalue weighted by molar-refractivity contribution is 0.257. The Balaban J connectivity index is 0. The molecule has 0 saturated heterocycles. The molecule has 0 aliphatic heterocycles. The SMILES string of the molecule is CCCCCCCCCCCCCCCCC(CCC[SiH](OC)OC)C(C)(C)N.Cl. The van der Waals surface area contributed by atoms with E-state index in [2.05, 4.69) is 20.8 Å². The summed E-state index contributed by atoms with van der Waals surface area (Å²) >= 11 is 0. The fourth-order valence-corrected chi connectivity index (χ4v) is 5.57. The Kier molecular flexibility index (Phi) is 24.5. The Morgan fingerprint density at radius 1 is 0.667 bits per heavy atom. The monoisotopic (exact) mass is 465 g/mol. The molecule has 5 heteroatoms. The van der Waals surface area contributed by atoms with Gasteiger partial charge in [0.05, 0.1) is 0 Å². The summed E-state index contributed by atoms with van der Waals surface area (Å²) in [7, 11) is 2.14. The predicted octanol–water partition coefficient (Wildman–Crippen LogP) is 7.93. The van der Waals surface area contributed by atoms with E-state index in [0.717, 1.165) is 6.04 Å². The summed E-state index contributed by atoms with van der Waals surface area (Å²) in [6.45, 7) is 6.69. The number of hydrogen-bond acceptors (Lipinski definition) is 3. The van der Waals surface area contributed by atoms with Crippen LogP contribution in [0.3, 0.4) is 0 Å². The molecule has 0 radical (unpaired) electrons. The largest absolute Gasteiger partial charge is 0.400 e. The van der Waals surface area contributed by atoms with Gasteiger partial charge in [-0.2, -0.15) is 0 Å². The van der Waals surface area contributed by atoms with Gasteiger partial charge in [0.15, 0.2) is 0 Å². The first-order valence-electron chi connectivity index (χ1n) is 12.8. The van der Waals surface area contributed by atoms with Crippen LogP contribution in [0.2, 0.25) is 6.04 Å². The minimum absolute atomic E-state index is 0. The molecule has 0 aromatic heterocycles. The summed E-state index contributed by atoms with van der Waals surface area (Å²) in [6, 6.07) is 1.10. The maximum absolute atomic E-state index is 6.46. The first-order valence-corrected chi connectivity index (χ1v) is 14.6. The van der Waals surface area contributed by atoms with Gasteiger partial charge in [0.1, 0.15) is 0 Å². The van der Waals surface area contributed by atoms with Gasteiger partial charge in [-0.15, -0.1) is 12.4 Å². The van der Waals surface area contributed by atoms with Crippen LogP contribution in [0.4, 0.5) is 0 Å². The second-order valence-electron chi connectivity index (χ2n) is 9.74. The van der Waals surface area contributed by atoms with E-state index in [4.69, 9.17) is 14.6 Å². The summed E-state index contributed by atoms with van der Waals surface area (Å²) in [5.41, 5.74) is 6.39.